The first-order valence-corrected chi connectivity index (χ1v) is 5.73. The quantitative estimate of drug-likeness (QED) is 0.890. The van der Waals surface area contributed by atoms with Crippen LogP contribution in [-0.4, -0.2) is 4.98 Å². The van der Waals surface area contributed by atoms with Crippen molar-refractivity contribution in [3.8, 4) is 0 Å². The highest BCUT2D eigenvalue weighted by molar-refractivity contribution is 7.99. The summed E-state index contributed by atoms with van der Waals surface area (Å²) in [6, 6.07) is 5.55. The van der Waals surface area contributed by atoms with Gasteiger partial charge in [-0.3, -0.25) is 0 Å². The van der Waals surface area contributed by atoms with Crippen molar-refractivity contribution in [2.24, 2.45) is 0 Å². The summed E-state index contributed by atoms with van der Waals surface area (Å²) in [6.45, 7) is 1.87. The van der Waals surface area contributed by atoms with E-state index in [1.54, 1.807) is 6.07 Å². The molecule has 0 aliphatic carbocycles. The number of pyridine rings is 1. The minimum atomic E-state index is -0.858. The van der Waals surface area contributed by atoms with Gasteiger partial charge in [-0.1, -0.05) is 11.8 Å². The third kappa shape index (κ3) is 2.74. The molecule has 0 unspecified atom stereocenters. The molecule has 0 saturated carbocycles. The molecule has 2 aromatic rings. The Bertz CT molecular complexity index is 558. The van der Waals surface area contributed by atoms with Gasteiger partial charge in [-0.25, -0.2) is 13.8 Å². The summed E-state index contributed by atoms with van der Waals surface area (Å²) in [5, 5.41) is 0.727. The molecular formula is C12H10F2N2S. The zero-order chi connectivity index (χ0) is 12.4. The number of hydrogen-bond acceptors (Lipinski definition) is 3. The zero-order valence-electron chi connectivity index (χ0n) is 9.08. The topological polar surface area (TPSA) is 38.9 Å². The average molecular weight is 252 g/mol. The van der Waals surface area contributed by atoms with Crippen molar-refractivity contribution >= 4 is 17.4 Å². The maximum atomic E-state index is 13.0. The molecule has 0 bridgehead atoms. The Hall–Kier alpha value is -1.62. The number of hydrogen-bond donors (Lipinski definition) is 1. The van der Waals surface area contributed by atoms with Gasteiger partial charge in [0.25, 0.3) is 0 Å². The van der Waals surface area contributed by atoms with E-state index in [0.29, 0.717) is 10.6 Å². The lowest BCUT2D eigenvalue weighted by Gasteiger charge is -2.05. The van der Waals surface area contributed by atoms with Crippen LogP contribution in [0.2, 0.25) is 0 Å². The van der Waals surface area contributed by atoms with Crippen molar-refractivity contribution in [2.45, 2.75) is 16.8 Å². The minimum absolute atomic E-state index is 0.581. The van der Waals surface area contributed by atoms with E-state index in [2.05, 4.69) is 4.98 Å². The second-order valence-electron chi connectivity index (χ2n) is 3.57. The molecule has 0 aliphatic rings. The smallest absolute Gasteiger partial charge is 0.159 e. The molecule has 0 atom stereocenters. The van der Waals surface area contributed by atoms with Crippen molar-refractivity contribution in [2.75, 3.05) is 5.73 Å². The van der Waals surface area contributed by atoms with Gasteiger partial charge in [0.05, 0.1) is 11.9 Å². The zero-order valence-corrected chi connectivity index (χ0v) is 9.89. The van der Waals surface area contributed by atoms with Gasteiger partial charge in [-0.2, -0.15) is 0 Å². The van der Waals surface area contributed by atoms with Gasteiger partial charge in [-0.05, 0) is 36.8 Å². The summed E-state index contributed by atoms with van der Waals surface area (Å²) in [4.78, 5) is 4.75. The van der Waals surface area contributed by atoms with E-state index in [4.69, 9.17) is 5.73 Å². The van der Waals surface area contributed by atoms with Crippen molar-refractivity contribution in [3.63, 3.8) is 0 Å². The normalized spacial score (nSPS) is 10.5. The first-order valence-electron chi connectivity index (χ1n) is 4.91. The molecule has 1 aromatic heterocycles. The molecule has 0 fully saturated rings. The number of benzene rings is 1. The molecule has 2 N–H and O–H groups in total. The summed E-state index contributed by atoms with van der Waals surface area (Å²) in [5.41, 5.74) is 7.07. The van der Waals surface area contributed by atoms with E-state index in [-0.39, 0.29) is 0 Å². The highest BCUT2D eigenvalue weighted by atomic mass is 32.2. The van der Waals surface area contributed by atoms with Gasteiger partial charge in [0.2, 0.25) is 0 Å². The van der Waals surface area contributed by atoms with Crippen LogP contribution >= 0.6 is 11.8 Å². The van der Waals surface area contributed by atoms with Crippen molar-refractivity contribution in [1.82, 2.24) is 4.98 Å². The molecule has 0 saturated heterocycles. The van der Waals surface area contributed by atoms with Gasteiger partial charge in [0.1, 0.15) is 5.03 Å². The molecule has 0 aliphatic heterocycles. The summed E-state index contributed by atoms with van der Waals surface area (Å²) in [6.07, 6.45) is 1.54. The number of nitrogen functional groups attached to an aromatic ring is 1. The predicted molar refractivity (Wildman–Crippen MR) is 63.9 cm³/mol. The second kappa shape index (κ2) is 4.71. The summed E-state index contributed by atoms with van der Waals surface area (Å²) < 4.78 is 25.8. The van der Waals surface area contributed by atoms with Crippen LogP contribution in [0.4, 0.5) is 14.5 Å². The minimum Gasteiger partial charge on any atom is -0.397 e. The van der Waals surface area contributed by atoms with E-state index in [1.165, 1.54) is 24.0 Å². The fourth-order valence-corrected chi connectivity index (χ4v) is 2.19. The lowest BCUT2D eigenvalue weighted by molar-refractivity contribution is 0.506. The Morgan fingerprint density at radius 3 is 2.59 bits per heavy atom. The van der Waals surface area contributed by atoms with Gasteiger partial charge in [0.15, 0.2) is 11.6 Å². The van der Waals surface area contributed by atoms with E-state index < -0.39 is 11.6 Å². The van der Waals surface area contributed by atoms with Crippen molar-refractivity contribution in [3.05, 3.63) is 47.7 Å². The molecule has 88 valence electrons. The first-order chi connectivity index (χ1) is 8.06. The monoisotopic (exact) mass is 252 g/mol. The molecule has 0 spiro atoms. The maximum Gasteiger partial charge on any atom is 0.159 e. The van der Waals surface area contributed by atoms with Crippen molar-refractivity contribution < 1.29 is 8.78 Å². The SMILES string of the molecule is Cc1cc(N)cnc1Sc1ccc(F)c(F)c1. The van der Waals surface area contributed by atoms with Gasteiger partial charge >= 0.3 is 0 Å². The maximum absolute atomic E-state index is 13.0. The van der Waals surface area contributed by atoms with Crippen LogP contribution in [0.25, 0.3) is 0 Å². The Kier molecular flexibility index (Phi) is 3.28. The number of nitrogens with zero attached hydrogens (tertiary/aromatic N) is 1. The Morgan fingerprint density at radius 1 is 1.18 bits per heavy atom. The Morgan fingerprint density at radius 2 is 1.94 bits per heavy atom. The van der Waals surface area contributed by atoms with Crippen LogP contribution in [0.15, 0.2) is 40.4 Å². The predicted octanol–water partition coefficient (Wildman–Crippen LogP) is 3.40. The Balaban J connectivity index is 2.28. The number of halogens is 2. The number of aryl methyl sites for hydroxylation is 1. The molecule has 2 nitrogen and oxygen atoms in total. The third-order valence-electron chi connectivity index (χ3n) is 2.16. The summed E-state index contributed by atoms with van der Waals surface area (Å²) >= 11 is 1.27. The first kappa shape index (κ1) is 11.9. The molecule has 2 rings (SSSR count). The lowest BCUT2D eigenvalue weighted by atomic mass is 10.3. The van der Waals surface area contributed by atoms with Gasteiger partial charge < -0.3 is 5.73 Å². The van der Waals surface area contributed by atoms with Gasteiger partial charge in [-0.15, -0.1) is 0 Å². The molecule has 1 heterocycles. The standard InChI is InChI=1S/C12H10F2N2S/c1-7-4-8(15)6-16-12(7)17-9-2-3-10(13)11(14)5-9/h2-6H,15H2,1H3. The fourth-order valence-electron chi connectivity index (χ4n) is 1.34. The largest absolute Gasteiger partial charge is 0.397 e. The summed E-state index contributed by atoms with van der Waals surface area (Å²) in [7, 11) is 0. The number of aromatic nitrogens is 1. The van der Waals surface area contributed by atoms with Crippen LogP contribution in [0.5, 0.6) is 0 Å². The lowest BCUT2D eigenvalue weighted by Crippen LogP contribution is -1.91. The molecule has 1 aromatic carbocycles. The highest BCUT2D eigenvalue weighted by Gasteiger charge is 2.06. The van der Waals surface area contributed by atoms with Crippen LogP contribution in [-0.2, 0) is 0 Å². The van der Waals surface area contributed by atoms with Crippen LogP contribution in [0, 0.1) is 18.6 Å². The van der Waals surface area contributed by atoms with Crippen LogP contribution in [0.3, 0.4) is 0 Å². The Labute approximate surface area is 102 Å². The molecule has 5 heteroatoms. The second-order valence-corrected chi connectivity index (χ2v) is 4.63. The van der Waals surface area contributed by atoms with Gasteiger partial charge in [0, 0.05) is 4.90 Å². The van der Waals surface area contributed by atoms with E-state index in [0.717, 1.165) is 22.7 Å². The van der Waals surface area contributed by atoms with E-state index >= 15 is 0 Å². The van der Waals surface area contributed by atoms with Crippen molar-refractivity contribution in [1.29, 1.82) is 0 Å². The highest BCUT2D eigenvalue weighted by Crippen LogP contribution is 2.29. The fraction of sp³-hybridized carbons (Fsp3) is 0.0833. The molecular weight excluding hydrogens is 242 g/mol. The summed E-state index contributed by atoms with van der Waals surface area (Å²) in [5.74, 6) is -1.71. The average Bonchev–Trinajstić information content (AvgIpc) is 2.27. The van der Waals surface area contributed by atoms with Crippen LogP contribution < -0.4 is 5.73 Å². The number of anilines is 1. The third-order valence-corrected chi connectivity index (χ3v) is 3.27. The molecule has 0 radical (unpaired) electrons. The van der Waals surface area contributed by atoms with E-state index in [9.17, 15) is 8.78 Å². The van der Waals surface area contributed by atoms with E-state index in [1.807, 2.05) is 6.92 Å². The number of rotatable bonds is 2. The number of nitrogens with two attached hydrogens (primary N) is 1. The molecule has 0 amide bonds. The van der Waals surface area contributed by atoms with Crippen LogP contribution in [0.1, 0.15) is 5.56 Å². The molecule has 17 heavy (non-hydrogen) atoms.